The highest BCUT2D eigenvalue weighted by Crippen LogP contribution is 2.21. The lowest BCUT2D eigenvalue weighted by Crippen LogP contribution is -2.19. The molecule has 0 atom stereocenters. The van der Waals surface area contributed by atoms with Gasteiger partial charge in [0.1, 0.15) is 0 Å². The first-order valence-electron chi connectivity index (χ1n) is 9.27. The van der Waals surface area contributed by atoms with Crippen molar-refractivity contribution in [2.24, 2.45) is 5.10 Å². The molecule has 3 aromatic carbocycles. The van der Waals surface area contributed by atoms with Crippen molar-refractivity contribution < 1.29 is 4.79 Å². The van der Waals surface area contributed by atoms with Gasteiger partial charge in [0.25, 0.3) is 0 Å². The molecule has 0 bridgehead atoms. The number of hydrogen-bond acceptors (Lipinski definition) is 2. The number of aromatic nitrogens is 1. The second kappa shape index (κ2) is 8.35. The second-order valence-electron chi connectivity index (χ2n) is 6.67. The quantitative estimate of drug-likeness (QED) is 0.399. The van der Waals surface area contributed by atoms with E-state index in [1.165, 1.54) is 5.56 Å². The summed E-state index contributed by atoms with van der Waals surface area (Å²) in [5.74, 6) is -0.129. The summed E-state index contributed by atoms with van der Waals surface area (Å²) in [6.45, 7) is 0.787. The Kier molecular flexibility index (Phi) is 5.29. The Bertz CT molecular complexity index is 1100. The Hall–Kier alpha value is -3.66. The molecule has 1 heterocycles. The third-order valence-corrected chi connectivity index (χ3v) is 4.62. The lowest BCUT2D eigenvalue weighted by atomic mass is 10.1. The average molecular weight is 367 g/mol. The van der Waals surface area contributed by atoms with Crippen LogP contribution < -0.4 is 5.43 Å². The first kappa shape index (κ1) is 17.7. The minimum Gasteiger partial charge on any atom is -0.342 e. The fraction of sp³-hybridized carbons (Fsp3) is 0.0833. The first-order chi connectivity index (χ1) is 13.8. The summed E-state index contributed by atoms with van der Waals surface area (Å²) in [6.07, 6.45) is 4.10. The predicted molar refractivity (Wildman–Crippen MR) is 113 cm³/mol. The normalized spacial score (nSPS) is 11.1. The van der Waals surface area contributed by atoms with E-state index in [9.17, 15) is 4.79 Å². The number of hydrazone groups is 1. The summed E-state index contributed by atoms with van der Waals surface area (Å²) in [5.41, 5.74) is 6.95. The van der Waals surface area contributed by atoms with E-state index < -0.39 is 0 Å². The molecule has 4 heteroatoms. The molecule has 0 fully saturated rings. The molecule has 0 unspecified atom stereocenters. The van der Waals surface area contributed by atoms with Gasteiger partial charge in [-0.1, -0.05) is 78.9 Å². The van der Waals surface area contributed by atoms with Gasteiger partial charge in [-0.3, -0.25) is 4.79 Å². The maximum absolute atomic E-state index is 12.1. The van der Waals surface area contributed by atoms with Gasteiger partial charge in [0.15, 0.2) is 0 Å². The second-order valence-corrected chi connectivity index (χ2v) is 6.67. The van der Waals surface area contributed by atoms with E-state index in [4.69, 9.17) is 0 Å². The van der Waals surface area contributed by atoms with Crippen molar-refractivity contribution in [1.29, 1.82) is 0 Å². The molecule has 0 radical (unpaired) electrons. The molecule has 28 heavy (non-hydrogen) atoms. The Morgan fingerprint density at radius 2 is 1.50 bits per heavy atom. The molecular weight excluding hydrogens is 346 g/mol. The third kappa shape index (κ3) is 4.18. The highest BCUT2D eigenvalue weighted by molar-refractivity contribution is 5.99. The number of carbonyl (C=O) groups excluding carboxylic acids is 1. The molecule has 4 rings (SSSR count). The molecular formula is C24H21N3O. The molecule has 0 aliphatic rings. The van der Waals surface area contributed by atoms with E-state index in [2.05, 4.69) is 45.6 Å². The lowest BCUT2D eigenvalue weighted by molar-refractivity contribution is -0.120. The molecule has 0 aliphatic heterocycles. The topological polar surface area (TPSA) is 46.4 Å². The number of nitrogens with zero attached hydrogens (tertiary/aromatic N) is 2. The minimum absolute atomic E-state index is 0.129. The number of rotatable bonds is 6. The van der Waals surface area contributed by atoms with Crippen molar-refractivity contribution >= 4 is 23.0 Å². The van der Waals surface area contributed by atoms with Gasteiger partial charge in [-0.05, 0) is 17.2 Å². The van der Waals surface area contributed by atoms with E-state index in [-0.39, 0.29) is 5.91 Å². The van der Waals surface area contributed by atoms with E-state index in [1.807, 2.05) is 60.7 Å². The smallest absolute Gasteiger partial charge is 0.244 e. The monoisotopic (exact) mass is 367 g/mol. The molecule has 0 saturated heterocycles. The molecule has 0 aliphatic carbocycles. The number of fused-ring (bicyclic) bond motifs is 1. The Morgan fingerprint density at radius 1 is 0.857 bits per heavy atom. The molecule has 4 nitrogen and oxygen atoms in total. The van der Waals surface area contributed by atoms with Gasteiger partial charge in [0.2, 0.25) is 5.91 Å². The van der Waals surface area contributed by atoms with Crippen LogP contribution in [0.3, 0.4) is 0 Å². The third-order valence-electron chi connectivity index (χ3n) is 4.62. The van der Waals surface area contributed by atoms with Crippen LogP contribution in [0.15, 0.2) is 96.2 Å². The lowest BCUT2D eigenvalue weighted by Gasteiger charge is -2.05. The molecule has 1 aromatic heterocycles. The van der Waals surface area contributed by atoms with Crippen LogP contribution in [0.2, 0.25) is 0 Å². The van der Waals surface area contributed by atoms with Crippen molar-refractivity contribution in [3.63, 3.8) is 0 Å². The van der Waals surface area contributed by atoms with E-state index in [0.717, 1.165) is 28.6 Å². The number of benzene rings is 3. The van der Waals surface area contributed by atoms with Gasteiger partial charge in [-0.15, -0.1) is 0 Å². The van der Waals surface area contributed by atoms with Crippen LogP contribution in [0.5, 0.6) is 0 Å². The van der Waals surface area contributed by atoms with Crippen LogP contribution >= 0.6 is 0 Å². The number of nitrogens with one attached hydrogen (secondary N) is 1. The SMILES string of the molecule is O=C(Cc1ccccc1)NN=Cc1cn(Cc2ccccc2)c2ccccc12. The first-order valence-corrected chi connectivity index (χ1v) is 9.27. The van der Waals surface area contributed by atoms with Gasteiger partial charge in [-0.2, -0.15) is 5.10 Å². The number of para-hydroxylation sites is 1. The van der Waals surface area contributed by atoms with Gasteiger partial charge in [-0.25, -0.2) is 5.43 Å². The summed E-state index contributed by atoms with van der Waals surface area (Å²) in [7, 11) is 0. The predicted octanol–water partition coefficient (Wildman–Crippen LogP) is 4.38. The minimum atomic E-state index is -0.129. The van der Waals surface area contributed by atoms with Crippen LogP contribution in [0, 0.1) is 0 Å². The summed E-state index contributed by atoms with van der Waals surface area (Å²) in [4.78, 5) is 12.1. The summed E-state index contributed by atoms with van der Waals surface area (Å²) in [5, 5.41) is 5.28. The van der Waals surface area contributed by atoms with Crippen LogP contribution in [-0.4, -0.2) is 16.7 Å². The molecule has 4 aromatic rings. The Balaban J connectivity index is 1.50. The molecule has 0 saturated carbocycles. The maximum Gasteiger partial charge on any atom is 0.244 e. The Morgan fingerprint density at radius 3 is 2.25 bits per heavy atom. The van der Waals surface area contributed by atoms with Crippen molar-refractivity contribution in [1.82, 2.24) is 9.99 Å². The highest BCUT2D eigenvalue weighted by atomic mass is 16.2. The summed E-state index contributed by atoms with van der Waals surface area (Å²) in [6, 6.07) is 28.2. The summed E-state index contributed by atoms with van der Waals surface area (Å²) >= 11 is 0. The van der Waals surface area contributed by atoms with E-state index >= 15 is 0 Å². The largest absolute Gasteiger partial charge is 0.342 e. The number of carbonyl (C=O) groups is 1. The van der Waals surface area contributed by atoms with Gasteiger partial charge < -0.3 is 4.57 Å². The zero-order valence-corrected chi connectivity index (χ0v) is 15.5. The molecule has 1 amide bonds. The van der Waals surface area contributed by atoms with Gasteiger partial charge in [0.05, 0.1) is 12.6 Å². The fourth-order valence-electron chi connectivity index (χ4n) is 3.28. The number of hydrogen-bond donors (Lipinski definition) is 1. The van der Waals surface area contributed by atoms with Crippen LogP contribution in [0.1, 0.15) is 16.7 Å². The van der Waals surface area contributed by atoms with Gasteiger partial charge >= 0.3 is 0 Å². The van der Waals surface area contributed by atoms with Crippen molar-refractivity contribution in [2.45, 2.75) is 13.0 Å². The van der Waals surface area contributed by atoms with Crippen molar-refractivity contribution in [2.75, 3.05) is 0 Å². The van der Waals surface area contributed by atoms with Crippen LogP contribution in [0.4, 0.5) is 0 Å². The van der Waals surface area contributed by atoms with Gasteiger partial charge in [0, 0.05) is 29.2 Å². The Labute approximate surface area is 164 Å². The van der Waals surface area contributed by atoms with E-state index in [1.54, 1.807) is 6.21 Å². The van der Waals surface area contributed by atoms with E-state index in [0.29, 0.717) is 6.42 Å². The fourth-order valence-corrected chi connectivity index (χ4v) is 3.28. The average Bonchev–Trinajstić information content (AvgIpc) is 3.07. The summed E-state index contributed by atoms with van der Waals surface area (Å²) < 4.78 is 2.21. The van der Waals surface area contributed by atoms with Crippen molar-refractivity contribution in [3.8, 4) is 0 Å². The number of amides is 1. The zero-order valence-electron chi connectivity index (χ0n) is 15.5. The zero-order chi connectivity index (χ0) is 19.2. The highest BCUT2D eigenvalue weighted by Gasteiger charge is 2.07. The van der Waals surface area contributed by atoms with Crippen LogP contribution in [-0.2, 0) is 17.8 Å². The molecule has 0 spiro atoms. The molecule has 1 N–H and O–H groups in total. The standard InChI is InChI=1S/C24H21N3O/c28-24(15-19-9-3-1-4-10-19)26-25-16-21-18-27(17-20-11-5-2-6-12-20)23-14-8-7-13-22(21)23/h1-14,16,18H,15,17H2,(H,26,28). The van der Waals surface area contributed by atoms with Crippen molar-refractivity contribution in [3.05, 3.63) is 108 Å². The maximum atomic E-state index is 12.1. The van der Waals surface area contributed by atoms with Crippen LogP contribution in [0.25, 0.3) is 10.9 Å². The molecule has 138 valence electrons.